The number of carbonyl (C=O) groups excluding carboxylic acids is 1. The summed E-state index contributed by atoms with van der Waals surface area (Å²) in [6, 6.07) is 16.2. The standard InChI is InChI=1S/C29H39N3O3/c1-21(2)29(33)31(26-10-5-4-6-11-26)19-25-18-30(17-24-9-7-8-12-28(24)32(34)35)20-27(25)23-15-13-22(3)14-16-23/h7-9,12-16,21,25-27H,4-6,10-11,17-20H2,1-3H3. The summed E-state index contributed by atoms with van der Waals surface area (Å²) in [7, 11) is 0. The fourth-order valence-corrected chi connectivity index (χ4v) is 5.93. The molecule has 2 aromatic rings. The average molecular weight is 478 g/mol. The highest BCUT2D eigenvalue weighted by Gasteiger charge is 2.38. The number of hydrogen-bond donors (Lipinski definition) is 0. The molecular weight excluding hydrogens is 438 g/mol. The van der Waals surface area contributed by atoms with Crippen molar-refractivity contribution in [1.82, 2.24) is 9.80 Å². The molecule has 1 saturated carbocycles. The first kappa shape index (κ1) is 25.4. The van der Waals surface area contributed by atoms with Crippen molar-refractivity contribution in [3.05, 3.63) is 75.3 Å². The molecule has 1 heterocycles. The van der Waals surface area contributed by atoms with Gasteiger partial charge in [0.1, 0.15) is 0 Å². The Bertz CT molecular complexity index is 1010. The molecule has 1 aliphatic heterocycles. The number of nitro groups is 1. The zero-order chi connectivity index (χ0) is 24.9. The van der Waals surface area contributed by atoms with Gasteiger partial charge in [-0.25, -0.2) is 0 Å². The summed E-state index contributed by atoms with van der Waals surface area (Å²) < 4.78 is 0. The lowest BCUT2D eigenvalue weighted by Gasteiger charge is -2.38. The molecule has 2 atom stereocenters. The van der Waals surface area contributed by atoms with Crippen LogP contribution in [-0.4, -0.2) is 46.3 Å². The highest BCUT2D eigenvalue weighted by atomic mass is 16.6. The number of benzene rings is 2. The molecule has 6 nitrogen and oxygen atoms in total. The number of aryl methyl sites for hydroxylation is 1. The number of hydrogen-bond acceptors (Lipinski definition) is 4. The minimum absolute atomic E-state index is 0.0146. The van der Waals surface area contributed by atoms with Gasteiger partial charge in [-0.15, -0.1) is 0 Å². The van der Waals surface area contributed by atoms with Gasteiger partial charge in [-0.3, -0.25) is 19.8 Å². The van der Waals surface area contributed by atoms with E-state index in [0.29, 0.717) is 24.4 Å². The molecule has 2 aromatic carbocycles. The van der Waals surface area contributed by atoms with E-state index in [1.165, 1.54) is 30.4 Å². The zero-order valence-corrected chi connectivity index (χ0v) is 21.4. The summed E-state index contributed by atoms with van der Waals surface area (Å²) >= 11 is 0. The molecule has 0 radical (unpaired) electrons. The Morgan fingerprint density at radius 3 is 2.40 bits per heavy atom. The first-order valence-corrected chi connectivity index (χ1v) is 13.1. The van der Waals surface area contributed by atoms with Crippen LogP contribution < -0.4 is 0 Å². The number of nitro benzene ring substituents is 1. The number of likely N-dealkylation sites (tertiary alicyclic amines) is 1. The highest BCUT2D eigenvalue weighted by Crippen LogP contribution is 2.37. The Morgan fingerprint density at radius 2 is 1.74 bits per heavy atom. The lowest BCUT2D eigenvalue weighted by molar-refractivity contribution is -0.385. The number of amides is 1. The first-order valence-electron chi connectivity index (χ1n) is 13.1. The van der Waals surface area contributed by atoms with E-state index in [0.717, 1.165) is 38.0 Å². The van der Waals surface area contributed by atoms with Gasteiger partial charge in [0.2, 0.25) is 5.91 Å². The third-order valence-electron chi connectivity index (χ3n) is 7.83. The van der Waals surface area contributed by atoms with Gasteiger partial charge in [0.25, 0.3) is 5.69 Å². The predicted octanol–water partition coefficient (Wildman–Crippen LogP) is 5.94. The number of para-hydroxylation sites is 1. The highest BCUT2D eigenvalue weighted by molar-refractivity contribution is 5.78. The summed E-state index contributed by atoms with van der Waals surface area (Å²) in [6.07, 6.45) is 5.85. The van der Waals surface area contributed by atoms with Crippen LogP contribution in [0.2, 0.25) is 0 Å². The fraction of sp³-hybridized carbons (Fsp3) is 0.552. The lowest BCUT2D eigenvalue weighted by atomic mass is 9.86. The van der Waals surface area contributed by atoms with E-state index in [1.54, 1.807) is 12.1 Å². The molecule has 1 saturated heterocycles. The molecule has 2 fully saturated rings. The molecule has 0 N–H and O–H groups in total. The Kier molecular flexibility index (Phi) is 8.22. The molecule has 4 rings (SSSR count). The van der Waals surface area contributed by atoms with E-state index in [4.69, 9.17) is 0 Å². The topological polar surface area (TPSA) is 66.7 Å². The van der Waals surface area contributed by atoms with Crippen molar-refractivity contribution in [3.63, 3.8) is 0 Å². The molecule has 1 amide bonds. The van der Waals surface area contributed by atoms with Gasteiger partial charge in [0.05, 0.1) is 4.92 Å². The van der Waals surface area contributed by atoms with Crippen LogP contribution in [0.3, 0.4) is 0 Å². The van der Waals surface area contributed by atoms with Gasteiger partial charge in [-0.2, -0.15) is 0 Å². The van der Waals surface area contributed by atoms with Crippen molar-refractivity contribution in [1.29, 1.82) is 0 Å². The normalized spacial score (nSPS) is 21.4. The maximum Gasteiger partial charge on any atom is 0.273 e. The summed E-state index contributed by atoms with van der Waals surface area (Å²) in [6.45, 7) is 9.09. The van der Waals surface area contributed by atoms with Gasteiger partial charge in [-0.05, 0) is 31.2 Å². The summed E-state index contributed by atoms with van der Waals surface area (Å²) in [5, 5.41) is 11.6. The maximum absolute atomic E-state index is 13.3. The van der Waals surface area contributed by atoms with E-state index in [2.05, 4.69) is 41.0 Å². The van der Waals surface area contributed by atoms with Crippen molar-refractivity contribution >= 4 is 11.6 Å². The Hall–Kier alpha value is -2.73. The molecule has 0 aromatic heterocycles. The number of rotatable bonds is 8. The molecule has 6 heteroatoms. The van der Waals surface area contributed by atoms with Crippen LogP contribution in [0.4, 0.5) is 5.69 Å². The van der Waals surface area contributed by atoms with Crippen molar-refractivity contribution in [2.45, 2.75) is 71.4 Å². The summed E-state index contributed by atoms with van der Waals surface area (Å²) in [5.74, 6) is 0.838. The fourth-order valence-electron chi connectivity index (χ4n) is 5.93. The van der Waals surface area contributed by atoms with Gasteiger partial charge in [-0.1, -0.05) is 81.1 Å². The van der Waals surface area contributed by atoms with E-state index in [9.17, 15) is 14.9 Å². The van der Waals surface area contributed by atoms with Crippen molar-refractivity contribution in [2.24, 2.45) is 11.8 Å². The quantitative estimate of drug-likeness (QED) is 0.349. The predicted molar refractivity (Wildman–Crippen MR) is 139 cm³/mol. The molecule has 2 unspecified atom stereocenters. The van der Waals surface area contributed by atoms with Crippen LogP contribution in [0.1, 0.15) is 68.6 Å². The Morgan fingerprint density at radius 1 is 1.06 bits per heavy atom. The summed E-state index contributed by atoms with van der Waals surface area (Å²) in [4.78, 5) is 29.2. The second kappa shape index (κ2) is 11.3. The first-order chi connectivity index (χ1) is 16.8. The average Bonchev–Trinajstić information content (AvgIpc) is 3.25. The van der Waals surface area contributed by atoms with E-state index >= 15 is 0 Å². The molecule has 188 valence electrons. The van der Waals surface area contributed by atoms with Gasteiger partial charge >= 0.3 is 0 Å². The number of nitrogens with zero attached hydrogens (tertiary/aromatic N) is 3. The van der Waals surface area contributed by atoms with E-state index in [-0.39, 0.29) is 22.4 Å². The third-order valence-corrected chi connectivity index (χ3v) is 7.83. The molecular formula is C29H39N3O3. The van der Waals surface area contributed by atoms with Crippen molar-refractivity contribution < 1.29 is 9.72 Å². The second-order valence-corrected chi connectivity index (χ2v) is 10.8. The van der Waals surface area contributed by atoms with Crippen LogP contribution >= 0.6 is 0 Å². The molecule has 0 bridgehead atoms. The van der Waals surface area contributed by atoms with Gasteiger partial charge in [0, 0.05) is 55.7 Å². The van der Waals surface area contributed by atoms with Crippen LogP contribution in [0.5, 0.6) is 0 Å². The van der Waals surface area contributed by atoms with Gasteiger partial charge < -0.3 is 4.90 Å². The van der Waals surface area contributed by atoms with E-state index in [1.807, 2.05) is 26.0 Å². The lowest BCUT2D eigenvalue weighted by Crippen LogP contribution is -2.47. The van der Waals surface area contributed by atoms with E-state index < -0.39 is 0 Å². The molecule has 0 spiro atoms. The third kappa shape index (κ3) is 6.10. The largest absolute Gasteiger partial charge is 0.339 e. The zero-order valence-electron chi connectivity index (χ0n) is 21.4. The minimum Gasteiger partial charge on any atom is -0.339 e. The van der Waals surface area contributed by atoms with Crippen molar-refractivity contribution in [3.8, 4) is 0 Å². The van der Waals surface area contributed by atoms with Crippen LogP contribution in [0, 0.1) is 28.9 Å². The van der Waals surface area contributed by atoms with Crippen molar-refractivity contribution in [2.75, 3.05) is 19.6 Å². The Labute approximate surface area is 209 Å². The second-order valence-electron chi connectivity index (χ2n) is 10.8. The van der Waals surface area contributed by atoms with Crippen LogP contribution in [0.25, 0.3) is 0 Å². The smallest absolute Gasteiger partial charge is 0.273 e. The van der Waals surface area contributed by atoms with Gasteiger partial charge in [0.15, 0.2) is 0 Å². The summed E-state index contributed by atoms with van der Waals surface area (Å²) in [5.41, 5.74) is 3.47. The SMILES string of the molecule is Cc1ccc(C2CN(Cc3ccccc3[N+](=O)[O-])CC2CN(C(=O)C(C)C)C2CCCCC2)cc1. The number of carbonyl (C=O) groups is 1. The Balaban J connectivity index is 1.59. The molecule has 2 aliphatic rings. The maximum atomic E-state index is 13.3. The van der Waals surface area contributed by atoms with Crippen LogP contribution in [0.15, 0.2) is 48.5 Å². The van der Waals surface area contributed by atoms with Crippen LogP contribution in [-0.2, 0) is 11.3 Å². The minimum atomic E-state index is -0.285. The molecule has 1 aliphatic carbocycles. The molecule has 35 heavy (non-hydrogen) atoms. The monoisotopic (exact) mass is 477 g/mol.